The van der Waals surface area contributed by atoms with Crippen LogP contribution in [-0.2, 0) is 19.6 Å². The van der Waals surface area contributed by atoms with Crippen LogP contribution in [0, 0.1) is 0 Å². The van der Waals surface area contributed by atoms with Gasteiger partial charge in [-0.2, -0.15) is 5.10 Å². The quantitative estimate of drug-likeness (QED) is 0.253. The predicted molar refractivity (Wildman–Crippen MR) is 151 cm³/mol. The average Bonchev–Trinajstić information content (AvgIpc) is 2.91. The number of hydrogen-bond donors (Lipinski definition) is 2. The molecule has 2 amide bonds. The van der Waals surface area contributed by atoms with Gasteiger partial charge in [0.25, 0.3) is 11.8 Å². The van der Waals surface area contributed by atoms with Crippen LogP contribution < -0.4 is 24.5 Å². The first-order valence-corrected chi connectivity index (χ1v) is 14.0. The Morgan fingerprint density at radius 1 is 1.05 bits per heavy atom. The van der Waals surface area contributed by atoms with Gasteiger partial charge in [-0.1, -0.05) is 41.9 Å². The molecular formula is C27H29ClN4O6S. The molecule has 0 saturated carbocycles. The highest BCUT2D eigenvalue weighted by molar-refractivity contribution is 7.92. The molecule has 0 radical (unpaired) electrons. The molecule has 0 unspecified atom stereocenters. The van der Waals surface area contributed by atoms with Crippen LogP contribution in [0.1, 0.15) is 24.1 Å². The summed E-state index contributed by atoms with van der Waals surface area (Å²) in [5, 5.41) is 7.05. The van der Waals surface area contributed by atoms with Gasteiger partial charge in [0.05, 0.1) is 31.3 Å². The highest BCUT2D eigenvalue weighted by Gasteiger charge is 2.24. The number of rotatable bonds is 12. The van der Waals surface area contributed by atoms with E-state index in [1.165, 1.54) is 25.5 Å². The molecule has 0 fully saturated rings. The van der Waals surface area contributed by atoms with E-state index in [1.807, 2.05) is 37.3 Å². The standard InChI is InChI=1S/C27H29ClN4O6S/c1-19(21-7-5-4-6-8-21)30-27(34)18-38-23-12-9-20(10-13-23)16-29-31-26(33)17-32(39(3,35)36)24-15-22(28)11-14-25(24)37-2/h4-16,19H,17-18H2,1-3H3,(H,30,34)(H,31,33)/b29-16-/t19-/m1/s1. The Kier molecular flexibility index (Phi) is 10.3. The maximum absolute atomic E-state index is 12.5. The van der Waals surface area contributed by atoms with Gasteiger partial charge in [-0.3, -0.25) is 13.9 Å². The second-order valence-electron chi connectivity index (χ2n) is 8.44. The van der Waals surface area contributed by atoms with Crippen LogP contribution in [0.15, 0.2) is 77.9 Å². The fourth-order valence-corrected chi connectivity index (χ4v) is 4.51. The SMILES string of the molecule is COc1ccc(Cl)cc1N(CC(=O)N/N=C\c1ccc(OCC(=O)N[C@H](C)c2ccccc2)cc1)S(C)(=O)=O. The molecule has 0 heterocycles. The van der Waals surface area contributed by atoms with Crippen molar-refractivity contribution in [2.45, 2.75) is 13.0 Å². The molecule has 2 N–H and O–H groups in total. The number of ether oxygens (including phenoxy) is 2. The maximum Gasteiger partial charge on any atom is 0.260 e. The molecule has 0 bridgehead atoms. The molecule has 1 atom stereocenters. The Morgan fingerprint density at radius 2 is 1.74 bits per heavy atom. The summed E-state index contributed by atoms with van der Waals surface area (Å²) in [6.07, 6.45) is 2.36. The number of sulfonamides is 1. The number of halogens is 1. The number of methoxy groups -OCH3 is 1. The summed E-state index contributed by atoms with van der Waals surface area (Å²) in [6, 6.07) is 20.6. The van der Waals surface area contributed by atoms with E-state index < -0.39 is 22.5 Å². The van der Waals surface area contributed by atoms with Gasteiger partial charge >= 0.3 is 0 Å². The zero-order valence-electron chi connectivity index (χ0n) is 21.6. The highest BCUT2D eigenvalue weighted by Crippen LogP contribution is 2.32. The highest BCUT2D eigenvalue weighted by atomic mass is 35.5. The van der Waals surface area contributed by atoms with Gasteiger partial charge in [0.15, 0.2) is 6.61 Å². The average molecular weight is 573 g/mol. The van der Waals surface area contributed by atoms with Crippen molar-refractivity contribution in [2.24, 2.45) is 5.10 Å². The van der Waals surface area contributed by atoms with Crippen molar-refractivity contribution >= 4 is 45.3 Å². The zero-order valence-corrected chi connectivity index (χ0v) is 23.2. The van der Waals surface area contributed by atoms with Crippen molar-refractivity contribution in [3.8, 4) is 11.5 Å². The van der Waals surface area contributed by atoms with E-state index in [0.717, 1.165) is 16.1 Å². The summed E-state index contributed by atoms with van der Waals surface area (Å²) in [5.74, 6) is -0.197. The van der Waals surface area contributed by atoms with Crippen LogP contribution in [0.2, 0.25) is 5.02 Å². The lowest BCUT2D eigenvalue weighted by molar-refractivity contribution is -0.123. The minimum absolute atomic E-state index is 0.130. The number of nitrogens with zero attached hydrogens (tertiary/aromatic N) is 2. The molecule has 0 aromatic heterocycles. The molecule has 39 heavy (non-hydrogen) atoms. The van der Waals surface area contributed by atoms with Gasteiger partial charge in [0, 0.05) is 5.02 Å². The lowest BCUT2D eigenvalue weighted by Crippen LogP contribution is -2.39. The first kappa shape index (κ1) is 29.5. The minimum atomic E-state index is -3.84. The third-order valence-corrected chi connectivity index (χ3v) is 6.79. The molecule has 3 rings (SSSR count). The van der Waals surface area contributed by atoms with Crippen LogP contribution in [-0.4, -0.2) is 53.0 Å². The van der Waals surface area contributed by atoms with Crippen molar-refractivity contribution in [1.29, 1.82) is 0 Å². The van der Waals surface area contributed by atoms with Gasteiger partial charge in [0.2, 0.25) is 10.0 Å². The number of amides is 2. The second-order valence-corrected chi connectivity index (χ2v) is 10.8. The number of benzene rings is 3. The van der Waals surface area contributed by atoms with Crippen LogP contribution in [0.4, 0.5) is 5.69 Å². The van der Waals surface area contributed by atoms with E-state index in [9.17, 15) is 18.0 Å². The zero-order chi connectivity index (χ0) is 28.4. The Morgan fingerprint density at radius 3 is 2.38 bits per heavy atom. The molecule has 12 heteroatoms. The molecule has 0 saturated heterocycles. The van der Waals surface area contributed by atoms with Gasteiger partial charge < -0.3 is 14.8 Å². The molecule has 0 aliphatic carbocycles. The molecule has 10 nitrogen and oxygen atoms in total. The number of carbonyl (C=O) groups is 2. The Balaban J connectivity index is 1.52. The first-order valence-electron chi connectivity index (χ1n) is 11.8. The minimum Gasteiger partial charge on any atom is -0.495 e. The predicted octanol–water partition coefficient (Wildman–Crippen LogP) is 3.52. The van der Waals surface area contributed by atoms with Crippen LogP contribution >= 0.6 is 11.6 Å². The fraction of sp³-hybridized carbons (Fsp3) is 0.222. The van der Waals surface area contributed by atoms with E-state index in [4.69, 9.17) is 21.1 Å². The monoisotopic (exact) mass is 572 g/mol. The molecule has 206 valence electrons. The topological polar surface area (TPSA) is 126 Å². The van der Waals surface area contributed by atoms with E-state index in [1.54, 1.807) is 30.3 Å². The van der Waals surface area contributed by atoms with Crippen molar-refractivity contribution in [3.05, 3.63) is 88.9 Å². The van der Waals surface area contributed by atoms with Crippen molar-refractivity contribution < 1.29 is 27.5 Å². The van der Waals surface area contributed by atoms with E-state index in [0.29, 0.717) is 11.3 Å². The Bertz CT molecular complexity index is 1420. The Labute approximate surface area is 232 Å². The van der Waals surface area contributed by atoms with Gasteiger partial charge in [-0.15, -0.1) is 0 Å². The third kappa shape index (κ3) is 9.01. The van der Waals surface area contributed by atoms with Crippen molar-refractivity contribution in [1.82, 2.24) is 10.7 Å². The first-order chi connectivity index (χ1) is 18.6. The summed E-state index contributed by atoms with van der Waals surface area (Å²) in [5.41, 5.74) is 4.07. The summed E-state index contributed by atoms with van der Waals surface area (Å²) >= 11 is 6.02. The number of hydrazone groups is 1. The summed E-state index contributed by atoms with van der Waals surface area (Å²) in [7, 11) is -2.45. The third-order valence-electron chi connectivity index (χ3n) is 5.43. The maximum atomic E-state index is 12.5. The normalized spacial score (nSPS) is 12.0. The van der Waals surface area contributed by atoms with Crippen molar-refractivity contribution in [3.63, 3.8) is 0 Å². The second kappa shape index (κ2) is 13.6. The number of carbonyl (C=O) groups excluding carboxylic acids is 2. The smallest absolute Gasteiger partial charge is 0.260 e. The molecule has 0 aliphatic rings. The number of nitrogens with one attached hydrogen (secondary N) is 2. The van der Waals surface area contributed by atoms with Crippen LogP contribution in [0.25, 0.3) is 0 Å². The number of hydrogen-bond acceptors (Lipinski definition) is 7. The Hall–Kier alpha value is -4.09. The molecule has 3 aromatic carbocycles. The van der Waals surface area contributed by atoms with Crippen LogP contribution in [0.3, 0.4) is 0 Å². The fourth-order valence-electron chi connectivity index (χ4n) is 3.49. The van der Waals surface area contributed by atoms with Gasteiger partial charge in [-0.05, 0) is 60.5 Å². The van der Waals surface area contributed by atoms with E-state index in [2.05, 4.69) is 15.8 Å². The molecule has 0 aliphatic heterocycles. The van der Waals surface area contributed by atoms with E-state index in [-0.39, 0.29) is 35.0 Å². The van der Waals surface area contributed by atoms with Gasteiger partial charge in [0.1, 0.15) is 18.0 Å². The largest absolute Gasteiger partial charge is 0.495 e. The number of anilines is 1. The summed E-state index contributed by atoms with van der Waals surface area (Å²) < 4.78 is 36.4. The molecule has 0 spiro atoms. The van der Waals surface area contributed by atoms with Crippen molar-refractivity contribution in [2.75, 3.05) is 30.8 Å². The summed E-state index contributed by atoms with van der Waals surface area (Å²) in [6.45, 7) is 1.21. The van der Waals surface area contributed by atoms with Crippen LogP contribution in [0.5, 0.6) is 11.5 Å². The molecular weight excluding hydrogens is 544 g/mol. The van der Waals surface area contributed by atoms with E-state index >= 15 is 0 Å². The summed E-state index contributed by atoms with van der Waals surface area (Å²) in [4.78, 5) is 24.7. The lowest BCUT2D eigenvalue weighted by Gasteiger charge is -2.23. The van der Waals surface area contributed by atoms with Gasteiger partial charge in [-0.25, -0.2) is 13.8 Å². The molecule has 3 aromatic rings. The lowest BCUT2D eigenvalue weighted by atomic mass is 10.1.